The van der Waals surface area contributed by atoms with E-state index in [0.717, 1.165) is 21.6 Å². The van der Waals surface area contributed by atoms with Crippen molar-refractivity contribution < 1.29 is 4.79 Å². The standard InChI is InChI=1S/C15H9BrClN3OS/c16-10-3-1-9(2-4-10)13-14(22-20-19-13)15(21)18-12-7-5-11(17)6-8-12/h1-8H,(H,18,21). The number of hydrogen-bond acceptors (Lipinski definition) is 4. The lowest BCUT2D eigenvalue weighted by Crippen LogP contribution is -2.11. The molecule has 2 aromatic carbocycles. The van der Waals surface area contributed by atoms with Gasteiger partial charge in [-0.15, -0.1) is 5.10 Å². The van der Waals surface area contributed by atoms with E-state index in [4.69, 9.17) is 11.6 Å². The Bertz CT molecular complexity index is 802. The third-order valence-electron chi connectivity index (χ3n) is 2.91. The number of aromatic nitrogens is 2. The van der Waals surface area contributed by atoms with E-state index < -0.39 is 0 Å². The number of amides is 1. The summed E-state index contributed by atoms with van der Waals surface area (Å²) in [6, 6.07) is 14.5. The number of nitrogens with one attached hydrogen (secondary N) is 1. The van der Waals surface area contributed by atoms with E-state index in [1.807, 2.05) is 24.3 Å². The van der Waals surface area contributed by atoms with Gasteiger partial charge in [0.15, 0.2) is 0 Å². The van der Waals surface area contributed by atoms with E-state index in [1.54, 1.807) is 24.3 Å². The summed E-state index contributed by atoms with van der Waals surface area (Å²) in [5, 5.41) is 7.50. The Hall–Kier alpha value is -1.76. The van der Waals surface area contributed by atoms with Crippen LogP contribution in [-0.4, -0.2) is 15.5 Å². The molecule has 3 rings (SSSR count). The summed E-state index contributed by atoms with van der Waals surface area (Å²) in [4.78, 5) is 12.9. The van der Waals surface area contributed by atoms with Crippen LogP contribution in [0.25, 0.3) is 11.3 Å². The third-order valence-corrected chi connectivity index (χ3v) is 4.42. The number of rotatable bonds is 3. The van der Waals surface area contributed by atoms with Crippen molar-refractivity contribution in [2.75, 3.05) is 5.32 Å². The lowest BCUT2D eigenvalue weighted by Gasteiger charge is -2.05. The first kappa shape index (κ1) is 15.1. The van der Waals surface area contributed by atoms with E-state index >= 15 is 0 Å². The van der Waals surface area contributed by atoms with E-state index in [0.29, 0.717) is 21.3 Å². The van der Waals surface area contributed by atoms with Gasteiger partial charge in [-0.25, -0.2) is 0 Å². The smallest absolute Gasteiger partial charge is 0.269 e. The quantitative estimate of drug-likeness (QED) is 0.689. The van der Waals surface area contributed by atoms with Crippen molar-refractivity contribution in [3.8, 4) is 11.3 Å². The SMILES string of the molecule is O=C(Nc1ccc(Cl)cc1)c1snnc1-c1ccc(Br)cc1. The highest BCUT2D eigenvalue weighted by Gasteiger charge is 2.18. The lowest BCUT2D eigenvalue weighted by atomic mass is 10.1. The van der Waals surface area contributed by atoms with Crippen LogP contribution in [0.4, 0.5) is 5.69 Å². The minimum atomic E-state index is -0.241. The number of anilines is 1. The molecule has 0 aliphatic heterocycles. The second-order valence-electron chi connectivity index (χ2n) is 4.42. The van der Waals surface area contributed by atoms with Crippen molar-refractivity contribution in [1.29, 1.82) is 0 Å². The van der Waals surface area contributed by atoms with Crippen LogP contribution in [0.1, 0.15) is 9.67 Å². The third kappa shape index (κ3) is 3.35. The van der Waals surface area contributed by atoms with E-state index in [-0.39, 0.29) is 5.91 Å². The van der Waals surface area contributed by atoms with Gasteiger partial charge in [0.25, 0.3) is 5.91 Å². The Balaban J connectivity index is 1.86. The highest BCUT2D eigenvalue weighted by atomic mass is 79.9. The summed E-state index contributed by atoms with van der Waals surface area (Å²) in [7, 11) is 0. The van der Waals surface area contributed by atoms with Gasteiger partial charge in [-0.1, -0.05) is 44.2 Å². The van der Waals surface area contributed by atoms with Crippen LogP contribution < -0.4 is 5.32 Å². The summed E-state index contributed by atoms with van der Waals surface area (Å²) in [6.45, 7) is 0. The molecule has 0 unspecified atom stereocenters. The fraction of sp³-hybridized carbons (Fsp3) is 0. The second-order valence-corrected chi connectivity index (χ2v) is 6.52. The summed E-state index contributed by atoms with van der Waals surface area (Å²) in [5.41, 5.74) is 2.09. The Kier molecular flexibility index (Phi) is 4.52. The first-order valence-electron chi connectivity index (χ1n) is 6.29. The average molecular weight is 395 g/mol. The van der Waals surface area contributed by atoms with Gasteiger partial charge in [-0.3, -0.25) is 4.79 Å². The maximum absolute atomic E-state index is 12.4. The maximum Gasteiger partial charge on any atom is 0.269 e. The predicted molar refractivity (Wildman–Crippen MR) is 92.5 cm³/mol. The molecule has 7 heteroatoms. The number of hydrogen-bond donors (Lipinski definition) is 1. The van der Waals surface area contributed by atoms with Gasteiger partial charge in [-0.2, -0.15) is 0 Å². The van der Waals surface area contributed by atoms with Crippen molar-refractivity contribution in [2.24, 2.45) is 0 Å². The van der Waals surface area contributed by atoms with Gasteiger partial charge < -0.3 is 5.32 Å². The molecule has 0 saturated carbocycles. The van der Waals surface area contributed by atoms with Gasteiger partial charge in [-0.05, 0) is 47.9 Å². The Morgan fingerprint density at radius 3 is 2.45 bits per heavy atom. The zero-order valence-corrected chi connectivity index (χ0v) is 14.2. The fourth-order valence-corrected chi connectivity index (χ4v) is 2.83. The monoisotopic (exact) mass is 393 g/mol. The second kappa shape index (κ2) is 6.56. The molecule has 0 spiro atoms. The first-order valence-corrected chi connectivity index (χ1v) is 8.23. The van der Waals surface area contributed by atoms with E-state index in [1.165, 1.54) is 0 Å². The summed E-state index contributed by atoms with van der Waals surface area (Å²) in [5.74, 6) is -0.241. The number of halogens is 2. The molecule has 0 atom stereocenters. The molecule has 110 valence electrons. The lowest BCUT2D eigenvalue weighted by molar-refractivity contribution is 0.103. The molecule has 1 aromatic heterocycles. The molecule has 22 heavy (non-hydrogen) atoms. The largest absolute Gasteiger partial charge is 0.321 e. The molecule has 0 aliphatic carbocycles. The molecule has 0 aliphatic rings. The van der Waals surface area contributed by atoms with E-state index in [2.05, 4.69) is 30.8 Å². The molecule has 3 aromatic rings. The molecule has 0 fully saturated rings. The van der Waals surface area contributed by atoms with Gasteiger partial charge in [0.1, 0.15) is 10.6 Å². The fourth-order valence-electron chi connectivity index (χ4n) is 1.86. The predicted octanol–water partition coefficient (Wildman–Crippen LogP) is 4.87. The van der Waals surface area contributed by atoms with Gasteiger partial charge in [0.2, 0.25) is 0 Å². The molecule has 1 amide bonds. The molecular formula is C15H9BrClN3OS. The van der Waals surface area contributed by atoms with Gasteiger partial charge in [0, 0.05) is 20.7 Å². The van der Waals surface area contributed by atoms with Crippen LogP contribution >= 0.6 is 39.1 Å². The Labute approximate surface area is 144 Å². The Morgan fingerprint density at radius 1 is 1.09 bits per heavy atom. The van der Waals surface area contributed by atoms with Crippen molar-refractivity contribution >= 4 is 50.7 Å². The maximum atomic E-state index is 12.4. The van der Waals surface area contributed by atoms with Crippen LogP contribution in [0.5, 0.6) is 0 Å². The first-order chi connectivity index (χ1) is 10.6. The summed E-state index contributed by atoms with van der Waals surface area (Å²) < 4.78 is 4.86. The number of benzene rings is 2. The number of carbonyl (C=O) groups excluding carboxylic acids is 1. The zero-order valence-electron chi connectivity index (χ0n) is 11.1. The molecule has 1 N–H and O–H groups in total. The highest BCUT2D eigenvalue weighted by molar-refractivity contribution is 9.10. The Morgan fingerprint density at radius 2 is 1.77 bits per heavy atom. The molecule has 0 radical (unpaired) electrons. The summed E-state index contributed by atoms with van der Waals surface area (Å²) in [6.07, 6.45) is 0. The van der Waals surface area contributed by atoms with Crippen molar-refractivity contribution in [3.05, 3.63) is 62.9 Å². The van der Waals surface area contributed by atoms with Gasteiger partial charge >= 0.3 is 0 Å². The minimum absolute atomic E-state index is 0.241. The van der Waals surface area contributed by atoms with Crippen molar-refractivity contribution in [2.45, 2.75) is 0 Å². The van der Waals surface area contributed by atoms with Crippen LogP contribution in [-0.2, 0) is 0 Å². The number of nitrogens with zero attached hydrogens (tertiary/aromatic N) is 2. The minimum Gasteiger partial charge on any atom is -0.321 e. The van der Waals surface area contributed by atoms with E-state index in [9.17, 15) is 4.79 Å². The van der Waals surface area contributed by atoms with Crippen LogP contribution in [0.15, 0.2) is 53.0 Å². The van der Waals surface area contributed by atoms with Crippen LogP contribution in [0, 0.1) is 0 Å². The van der Waals surface area contributed by atoms with Gasteiger partial charge in [0.05, 0.1) is 0 Å². The highest BCUT2D eigenvalue weighted by Crippen LogP contribution is 2.26. The van der Waals surface area contributed by atoms with Crippen LogP contribution in [0.2, 0.25) is 5.02 Å². The zero-order chi connectivity index (χ0) is 15.5. The molecule has 0 saturated heterocycles. The summed E-state index contributed by atoms with van der Waals surface area (Å²) >= 11 is 10.3. The van der Waals surface area contributed by atoms with Crippen molar-refractivity contribution in [1.82, 2.24) is 9.59 Å². The molecule has 1 heterocycles. The number of carbonyl (C=O) groups is 1. The topological polar surface area (TPSA) is 54.9 Å². The average Bonchev–Trinajstić information content (AvgIpc) is 3.00. The van der Waals surface area contributed by atoms with Crippen molar-refractivity contribution in [3.63, 3.8) is 0 Å². The normalized spacial score (nSPS) is 10.5. The molecule has 4 nitrogen and oxygen atoms in total. The molecule has 0 bridgehead atoms. The van der Waals surface area contributed by atoms with Crippen LogP contribution in [0.3, 0.4) is 0 Å². The molecular weight excluding hydrogens is 386 g/mol.